The number of rotatable bonds is 2. The first-order valence-corrected chi connectivity index (χ1v) is 5.73. The number of carbonyl (C=O) groups is 1. The highest BCUT2D eigenvalue weighted by molar-refractivity contribution is 5.92. The highest BCUT2D eigenvalue weighted by atomic mass is 16.3. The number of nitrogens with zero attached hydrogens (tertiary/aromatic N) is 3. The summed E-state index contributed by atoms with van der Waals surface area (Å²) in [5.41, 5.74) is 6.35. The second-order valence-electron chi connectivity index (χ2n) is 4.42. The number of likely N-dealkylation sites (N-methyl/N-ethyl adjacent to an activating group) is 1. The van der Waals surface area contributed by atoms with Crippen LogP contribution in [0.4, 0.5) is 0 Å². The first-order valence-electron chi connectivity index (χ1n) is 5.73. The maximum absolute atomic E-state index is 12.3. The lowest BCUT2D eigenvalue weighted by atomic mass is 10.1. The summed E-state index contributed by atoms with van der Waals surface area (Å²) in [5, 5.41) is 0. The van der Waals surface area contributed by atoms with Gasteiger partial charge in [0.1, 0.15) is 0 Å². The summed E-state index contributed by atoms with van der Waals surface area (Å²) in [6.45, 7) is 4.57. The monoisotopic (exact) mass is 238 g/mol. The lowest BCUT2D eigenvalue weighted by molar-refractivity contribution is 0.0484. The second-order valence-corrected chi connectivity index (χ2v) is 4.42. The molecule has 0 aromatic carbocycles. The smallest absolute Gasteiger partial charge is 0.291 e. The molecule has 2 rings (SSSR count). The van der Waals surface area contributed by atoms with Crippen molar-refractivity contribution in [1.82, 2.24) is 14.8 Å². The molecule has 1 amide bonds. The van der Waals surface area contributed by atoms with Gasteiger partial charge in [-0.2, -0.15) is 0 Å². The van der Waals surface area contributed by atoms with E-state index in [2.05, 4.69) is 9.88 Å². The van der Waals surface area contributed by atoms with Crippen molar-refractivity contribution < 1.29 is 9.21 Å². The van der Waals surface area contributed by atoms with E-state index in [1.807, 2.05) is 7.05 Å². The van der Waals surface area contributed by atoms with Crippen LogP contribution >= 0.6 is 0 Å². The Kier molecular flexibility index (Phi) is 3.44. The Morgan fingerprint density at radius 2 is 2.41 bits per heavy atom. The largest absolute Gasteiger partial charge is 0.438 e. The minimum Gasteiger partial charge on any atom is -0.438 e. The number of hydrogen-bond donors (Lipinski definition) is 1. The van der Waals surface area contributed by atoms with Gasteiger partial charge in [0.15, 0.2) is 6.39 Å². The third kappa shape index (κ3) is 2.32. The van der Waals surface area contributed by atoms with E-state index in [9.17, 15) is 4.79 Å². The van der Waals surface area contributed by atoms with Crippen LogP contribution in [0.15, 0.2) is 10.8 Å². The van der Waals surface area contributed by atoms with E-state index in [1.54, 1.807) is 11.8 Å². The Bertz CT molecular complexity index is 404. The van der Waals surface area contributed by atoms with Crippen LogP contribution < -0.4 is 5.73 Å². The summed E-state index contributed by atoms with van der Waals surface area (Å²) in [5.74, 6) is 0.219. The van der Waals surface area contributed by atoms with Gasteiger partial charge in [-0.25, -0.2) is 4.98 Å². The Balaban J connectivity index is 2.16. The van der Waals surface area contributed by atoms with Crippen LogP contribution in [0.1, 0.15) is 16.2 Å². The Morgan fingerprint density at radius 1 is 1.65 bits per heavy atom. The molecule has 1 aromatic heterocycles. The van der Waals surface area contributed by atoms with Gasteiger partial charge in [0.05, 0.1) is 11.7 Å². The molecule has 0 spiro atoms. The standard InChI is InChI=1S/C11H18N4O2/c1-8-10(17-7-13-8)11(16)15-4-3-14(2)6-9(15)5-12/h7,9H,3-6,12H2,1-2H3. The van der Waals surface area contributed by atoms with Crippen LogP contribution in [0.3, 0.4) is 0 Å². The van der Waals surface area contributed by atoms with Crippen molar-refractivity contribution in [2.45, 2.75) is 13.0 Å². The number of aromatic nitrogens is 1. The van der Waals surface area contributed by atoms with Crippen LogP contribution in [0.2, 0.25) is 0 Å². The van der Waals surface area contributed by atoms with Crippen molar-refractivity contribution in [3.05, 3.63) is 17.8 Å². The number of carbonyl (C=O) groups excluding carboxylic acids is 1. The van der Waals surface area contributed by atoms with E-state index in [4.69, 9.17) is 10.2 Å². The fourth-order valence-electron chi connectivity index (χ4n) is 2.12. The van der Waals surface area contributed by atoms with Gasteiger partial charge in [-0.3, -0.25) is 4.79 Å². The van der Waals surface area contributed by atoms with E-state index in [0.29, 0.717) is 24.5 Å². The highest BCUT2D eigenvalue weighted by Crippen LogP contribution is 2.14. The molecule has 1 aromatic rings. The molecule has 0 saturated carbocycles. The number of oxazole rings is 1. The van der Waals surface area contributed by atoms with Crippen LogP contribution in [0.25, 0.3) is 0 Å². The normalized spacial score (nSPS) is 21.8. The van der Waals surface area contributed by atoms with Gasteiger partial charge in [0.2, 0.25) is 5.76 Å². The molecule has 1 aliphatic heterocycles. The first-order chi connectivity index (χ1) is 8.13. The predicted molar refractivity (Wildman–Crippen MR) is 62.6 cm³/mol. The molecule has 0 radical (unpaired) electrons. The van der Waals surface area contributed by atoms with Crippen molar-refractivity contribution in [2.24, 2.45) is 5.73 Å². The zero-order chi connectivity index (χ0) is 12.4. The van der Waals surface area contributed by atoms with Crippen molar-refractivity contribution in [1.29, 1.82) is 0 Å². The lowest BCUT2D eigenvalue weighted by Crippen LogP contribution is -2.56. The van der Waals surface area contributed by atoms with Gasteiger partial charge in [0, 0.05) is 26.2 Å². The summed E-state index contributed by atoms with van der Waals surface area (Å²) < 4.78 is 5.14. The topological polar surface area (TPSA) is 75.6 Å². The lowest BCUT2D eigenvalue weighted by Gasteiger charge is -2.39. The van der Waals surface area contributed by atoms with Crippen LogP contribution in [0, 0.1) is 6.92 Å². The average Bonchev–Trinajstić information content (AvgIpc) is 2.74. The van der Waals surface area contributed by atoms with Gasteiger partial charge in [-0.05, 0) is 14.0 Å². The molecule has 0 bridgehead atoms. The highest BCUT2D eigenvalue weighted by Gasteiger charge is 2.31. The summed E-state index contributed by atoms with van der Waals surface area (Å²) >= 11 is 0. The Labute approximate surface area is 100 Å². The zero-order valence-corrected chi connectivity index (χ0v) is 10.2. The summed E-state index contributed by atoms with van der Waals surface area (Å²) in [4.78, 5) is 20.2. The number of hydrogen-bond acceptors (Lipinski definition) is 5. The molecule has 1 saturated heterocycles. The van der Waals surface area contributed by atoms with Crippen LogP contribution in [-0.4, -0.2) is 60.0 Å². The molecule has 1 unspecified atom stereocenters. The second kappa shape index (κ2) is 4.85. The van der Waals surface area contributed by atoms with Crippen LogP contribution in [0.5, 0.6) is 0 Å². The van der Waals surface area contributed by atoms with E-state index < -0.39 is 0 Å². The van der Waals surface area contributed by atoms with Gasteiger partial charge in [-0.15, -0.1) is 0 Å². The molecular weight excluding hydrogens is 220 g/mol. The van der Waals surface area contributed by atoms with Crippen molar-refractivity contribution in [2.75, 3.05) is 33.2 Å². The molecule has 1 fully saturated rings. The molecule has 2 heterocycles. The molecule has 0 aliphatic carbocycles. The SMILES string of the molecule is Cc1ncoc1C(=O)N1CCN(C)CC1CN. The summed E-state index contributed by atoms with van der Waals surface area (Å²) in [6, 6.07) is 0.0470. The average molecular weight is 238 g/mol. The minimum atomic E-state index is -0.108. The van der Waals surface area contributed by atoms with Crippen LogP contribution in [-0.2, 0) is 0 Å². The third-order valence-electron chi connectivity index (χ3n) is 3.16. The fourth-order valence-corrected chi connectivity index (χ4v) is 2.12. The van der Waals surface area contributed by atoms with E-state index in [1.165, 1.54) is 6.39 Å². The molecule has 6 nitrogen and oxygen atoms in total. The third-order valence-corrected chi connectivity index (χ3v) is 3.16. The number of nitrogens with two attached hydrogens (primary N) is 1. The van der Waals surface area contributed by atoms with Crippen molar-refractivity contribution >= 4 is 5.91 Å². The molecular formula is C11H18N4O2. The fraction of sp³-hybridized carbons (Fsp3) is 0.636. The van der Waals surface area contributed by atoms with Gasteiger partial charge >= 0.3 is 0 Å². The molecule has 94 valence electrons. The number of piperazine rings is 1. The Hall–Kier alpha value is -1.40. The molecule has 6 heteroatoms. The van der Waals surface area contributed by atoms with E-state index >= 15 is 0 Å². The maximum Gasteiger partial charge on any atom is 0.291 e. The maximum atomic E-state index is 12.3. The quantitative estimate of drug-likeness (QED) is 0.765. The van der Waals surface area contributed by atoms with Gasteiger partial charge in [-0.1, -0.05) is 0 Å². The summed E-state index contributed by atoms with van der Waals surface area (Å²) in [6.07, 6.45) is 1.30. The number of aryl methyl sites for hydroxylation is 1. The predicted octanol–water partition coefficient (Wildman–Crippen LogP) is -0.302. The zero-order valence-electron chi connectivity index (χ0n) is 10.2. The van der Waals surface area contributed by atoms with Crippen molar-refractivity contribution in [3.8, 4) is 0 Å². The molecule has 1 aliphatic rings. The first kappa shape index (κ1) is 12.1. The number of amides is 1. The molecule has 2 N–H and O–H groups in total. The van der Waals surface area contributed by atoms with Gasteiger partial charge < -0.3 is 20.0 Å². The van der Waals surface area contributed by atoms with E-state index in [-0.39, 0.29) is 11.9 Å². The van der Waals surface area contributed by atoms with E-state index in [0.717, 1.165) is 13.1 Å². The van der Waals surface area contributed by atoms with Crippen molar-refractivity contribution in [3.63, 3.8) is 0 Å². The minimum absolute atomic E-state index is 0.0470. The summed E-state index contributed by atoms with van der Waals surface area (Å²) in [7, 11) is 2.03. The van der Waals surface area contributed by atoms with Gasteiger partial charge in [0.25, 0.3) is 5.91 Å². The molecule has 17 heavy (non-hydrogen) atoms. The Morgan fingerprint density at radius 3 is 3.00 bits per heavy atom. The molecule has 1 atom stereocenters.